The van der Waals surface area contributed by atoms with Gasteiger partial charge in [0.25, 0.3) is 0 Å². The fraction of sp³-hybridized carbons (Fsp3) is 0. The van der Waals surface area contributed by atoms with E-state index in [1.165, 1.54) is 12.3 Å². The van der Waals surface area contributed by atoms with Crippen molar-refractivity contribution in [1.29, 1.82) is 0 Å². The van der Waals surface area contributed by atoms with E-state index in [0.717, 1.165) is 0 Å². The summed E-state index contributed by atoms with van der Waals surface area (Å²) < 4.78 is 14.0. The van der Waals surface area contributed by atoms with Crippen LogP contribution >= 0.6 is 69.6 Å². The zero-order valence-electron chi connectivity index (χ0n) is 8.75. The minimum Gasteiger partial charge on any atom is -0.242 e. The van der Waals surface area contributed by atoms with Gasteiger partial charge in [-0.15, -0.1) is 0 Å². The lowest BCUT2D eigenvalue weighted by molar-refractivity contribution is 0.625. The van der Waals surface area contributed by atoms with Crippen molar-refractivity contribution in [3.05, 3.63) is 48.3 Å². The first kappa shape index (κ1) is 15.4. The summed E-state index contributed by atoms with van der Waals surface area (Å²) in [7, 11) is 0. The number of aromatic nitrogens is 1. The molecule has 0 atom stereocenters. The van der Waals surface area contributed by atoms with Crippen LogP contribution in [0.3, 0.4) is 0 Å². The Hall–Kier alpha value is 0.0400. The quantitative estimate of drug-likeness (QED) is 0.301. The number of pyridine rings is 1. The summed E-state index contributed by atoms with van der Waals surface area (Å²) in [4.78, 5) is 3.60. The third-order valence-corrected chi connectivity index (χ3v) is 4.87. The highest BCUT2D eigenvalue weighted by Crippen LogP contribution is 2.48. The smallest absolute Gasteiger partial charge is 0.168 e. The molecule has 2 aromatic rings. The first-order valence-corrected chi connectivity index (χ1v) is 6.94. The molecule has 0 aliphatic carbocycles. The predicted octanol–water partition coefficient (Wildman–Crippen LogP) is 6.81. The Labute approximate surface area is 138 Å². The molecule has 1 aromatic heterocycles. The van der Waals surface area contributed by atoms with Crippen molar-refractivity contribution >= 4 is 69.6 Å². The van der Waals surface area contributed by atoms with Gasteiger partial charge in [-0.2, -0.15) is 0 Å². The fourth-order valence-electron chi connectivity index (χ4n) is 1.45. The van der Waals surface area contributed by atoms with Gasteiger partial charge < -0.3 is 0 Å². The largest absolute Gasteiger partial charge is 0.242 e. The van der Waals surface area contributed by atoms with Gasteiger partial charge in [-0.25, -0.2) is 9.37 Å². The Kier molecular flexibility index (Phi) is 4.71. The maximum absolute atomic E-state index is 14.0. The third kappa shape index (κ3) is 2.63. The van der Waals surface area contributed by atoms with E-state index in [0.29, 0.717) is 0 Å². The summed E-state index contributed by atoms with van der Waals surface area (Å²) in [5, 5.41) is -0.362. The van der Waals surface area contributed by atoms with Crippen molar-refractivity contribution in [2.75, 3.05) is 0 Å². The molecule has 0 aliphatic heterocycles. The van der Waals surface area contributed by atoms with Crippen LogP contribution in [0, 0.1) is 5.82 Å². The molecule has 2 rings (SSSR count). The Morgan fingerprint density at radius 3 is 1.79 bits per heavy atom. The lowest BCUT2D eigenvalue weighted by Crippen LogP contribution is -1.92. The number of rotatable bonds is 1. The van der Waals surface area contributed by atoms with Crippen LogP contribution in [0.5, 0.6) is 0 Å². The van der Waals surface area contributed by atoms with E-state index >= 15 is 0 Å². The predicted molar refractivity (Wildman–Crippen MR) is 79.7 cm³/mol. The van der Waals surface area contributed by atoms with Crippen molar-refractivity contribution in [1.82, 2.24) is 4.98 Å². The topological polar surface area (TPSA) is 12.9 Å². The molecule has 0 fully saturated rings. The minimum absolute atomic E-state index is 0.00245. The van der Waals surface area contributed by atoms with Crippen LogP contribution < -0.4 is 0 Å². The SMILES string of the molecule is Fc1c(-c2c(Cl)c(Cl)c(Cl)c(Cl)c2Cl)ccnc1Cl. The monoisotopic (exact) mass is 377 g/mol. The summed E-state index contributed by atoms with van der Waals surface area (Å²) in [5.41, 5.74) is 0.153. The Balaban J connectivity index is 2.87. The second-order valence-corrected chi connectivity index (χ2v) is 5.66. The van der Waals surface area contributed by atoms with Crippen LogP contribution in [-0.2, 0) is 0 Å². The van der Waals surface area contributed by atoms with E-state index in [9.17, 15) is 4.39 Å². The molecule has 0 saturated heterocycles. The highest BCUT2D eigenvalue weighted by atomic mass is 35.5. The van der Waals surface area contributed by atoms with Crippen molar-refractivity contribution in [3.8, 4) is 11.1 Å². The fourth-order valence-corrected chi connectivity index (χ4v) is 2.95. The summed E-state index contributed by atoms with van der Waals surface area (Å²) >= 11 is 35.4. The molecule has 0 N–H and O–H groups in total. The molecule has 100 valence electrons. The van der Waals surface area contributed by atoms with Crippen LogP contribution in [0.1, 0.15) is 0 Å². The van der Waals surface area contributed by atoms with Crippen molar-refractivity contribution in [2.24, 2.45) is 0 Å². The molecule has 0 unspecified atom stereocenters. The molecule has 1 heterocycles. The van der Waals surface area contributed by atoms with Crippen molar-refractivity contribution in [3.63, 3.8) is 0 Å². The summed E-state index contributed by atoms with van der Waals surface area (Å²) in [6, 6.07) is 1.36. The molecular formula is C11H2Cl6FN. The van der Waals surface area contributed by atoms with Crippen LogP contribution in [0.2, 0.25) is 30.3 Å². The molecule has 0 aliphatic rings. The average Bonchev–Trinajstić information content (AvgIpc) is 2.39. The van der Waals surface area contributed by atoms with Gasteiger partial charge in [0.2, 0.25) is 0 Å². The summed E-state index contributed by atoms with van der Waals surface area (Å²) in [5.74, 6) is -0.776. The minimum atomic E-state index is -0.776. The van der Waals surface area contributed by atoms with Crippen LogP contribution in [-0.4, -0.2) is 4.98 Å². The van der Waals surface area contributed by atoms with Crippen molar-refractivity contribution < 1.29 is 4.39 Å². The van der Waals surface area contributed by atoms with Gasteiger partial charge in [0, 0.05) is 17.3 Å². The van der Waals surface area contributed by atoms with Gasteiger partial charge >= 0.3 is 0 Å². The first-order valence-electron chi connectivity index (χ1n) is 4.68. The van der Waals surface area contributed by atoms with E-state index in [4.69, 9.17) is 69.6 Å². The number of halogens is 7. The van der Waals surface area contributed by atoms with Gasteiger partial charge in [0.05, 0.1) is 25.1 Å². The van der Waals surface area contributed by atoms with Gasteiger partial charge in [-0.1, -0.05) is 69.6 Å². The Bertz CT molecular complexity index is 644. The zero-order valence-corrected chi connectivity index (χ0v) is 13.3. The molecule has 1 aromatic carbocycles. The maximum Gasteiger partial charge on any atom is 0.168 e. The van der Waals surface area contributed by atoms with E-state index in [1.54, 1.807) is 0 Å². The van der Waals surface area contributed by atoms with Gasteiger partial charge in [0.15, 0.2) is 11.0 Å². The number of hydrogen-bond acceptors (Lipinski definition) is 1. The molecule has 19 heavy (non-hydrogen) atoms. The van der Waals surface area contributed by atoms with E-state index in [-0.39, 0.29) is 41.4 Å². The molecule has 0 spiro atoms. The average molecular weight is 380 g/mol. The van der Waals surface area contributed by atoms with E-state index in [2.05, 4.69) is 4.98 Å². The van der Waals surface area contributed by atoms with Crippen LogP contribution in [0.15, 0.2) is 12.3 Å². The normalized spacial score (nSPS) is 10.9. The van der Waals surface area contributed by atoms with Gasteiger partial charge in [-0.3, -0.25) is 0 Å². The molecule has 0 radical (unpaired) electrons. The molecule has 0 bridgehead atoms. The molecular weight excluding hydrogens is 378 g/mol. The zero-order chi connectivity index (χ0) is 14.3. The van der Waals surface area contributed by atoms with E-state index in [1.807, 2.05) is 0 Å². The summed E-state index contributed by atoms with van der Waals surface area (Å²) in [6.45, 7) is 0. The number of benzene rings is 1. The van der Waals surface area contributed by atoms with Gasteiger partial charge in [0.1, 0.15) is 0 Å². The standard InChI is InChI=1S/C11H2Cl6FN/c12-5-4(3-1-2-19-11(17)10(3)18)6(13)8(15)9(16)7(5)14/h1-2H. The molecule has 0 saturated carbocycles. The highest BCUT2D eigenvalue weighted by molar-refractivity contribution is 6.56. The van der Waals surface area contributed by atoms with Crippen LogP contribution in [0.25, 0.3) is 11.1 Å². The third-order valence-electron chi connectivity index (χ3n) is 2.33. The Morgan fingerprint density at radius 2 is 1.26 bits per heavy atom. The number of nitrogens with zero attached hydrogens (tertiary/aromatic N) is 1. The molecule has 1 nitrogen and oxygen atoms in total. The Morgan fingerprint density at radius 1 is 0.789 bits per heavy atom. The lowest BCUT2D eigenvalue weighted by Gasteiger charge is -2.13. The second kappa shape index (κ2) is 5.80. The van der Waals surface area contributed by atoms with Crippen molar-refractivity contribution in [2.45, 2.75) is 0 Å². The van der Waals surface area contributed by atoms with E-state index < -0.39 is 5.82 Å². The molecule has 0 amide bonds. The molecule has 8 heteroatoms. The summed E-state index contributed by atoms with van der Waals surface area (Å²) in [6.07, 6.45) is 1.31. The highest BCUT2D eigenvalue weighted by Gasteiger charge is 2.23. The van der Waals surface area contributed by atoms with Gasteiger partial charge in [-0.05, 0) is 6.07 Å². The number of hydrogen-bond donors (Lipinski definition) is 0. The van der Waals surface area contributed by atoms with Crippen LogP contribution in [0.4, 0.5) is 4.39 Å². The first-order chi connectivity index (χ1) is 8.86. The second-order valence-electron chi connectivity index (χ2n) is 3.41. The maximum atomic E-state index is 14.0. The lowest BCUT2D eigenvalue weighted by atomic mass is 10.1.